The van der Waals surface area contributed by atoms with Crippen LogP contribution < -0.4 is 5.32 Å². The largest absolute Gasteiger partial charge is 0.302 e. The third kappa shape index (κ3) is 3.81. The Morgan fingerprint density at radius 3 is 3.05 bits per heavy atom. The van der Waals surface area contributed by atoms with Gasteiger partial charge in [-0.25, -0.2) is 4.98 Å². The Kier molecular flexibility index (Phi) is 4.53. The van der Waals surface area contributed by atoms with Crippen molar-refractivity contribution in [3.63, 3.8) is 0 Å². The average Bonchev–Trinajstić information content (AvgIpc) is 3.07. The highest BCUT2D eigenvalue weighted by Crippen LogP contribution is 2.28. The monoisotopic (exact) mass is 336 g/mol. The zero-order valence-corrected chi connectivity index (χ0v) is 13.5. The molecule has 0 bridgehead atoms. The molecule has 0 saturated carbocycles. The summed E-state index contributed by atoms with van der Waals surface area (Å²) >= 11 is 9.12. The first-order chi connectivity index (χ1) is 10.2. The molecule has 3 aromatic rings. The maximum atomic E-state index is 11.9. The zero-order chi connectivity index (χ0) is 14.7. The van der Waals surface area contributed by atoms with E-state index < -0.39 is 0 Å². The van der Waals surface area contributed by atoms with Crippen molar-refractivity contribution in [3.8, 4) is 0 Å². The van der Waals surface area contributed by atoms with Crippen LogP contribution in [0.2, 0.25) is 5.02 Å². The van der Waals surface area contributed by atoms with Crippen LogP contribution in [0.5, 0.6) is 0 Å². The standard InChI is InChI=1S/C15H13ClN2OS2/c16-10-6-7-12-13(9-10)21-15(17-12)18-14(19)5-1-3-11-4-2-8-20-11/h2,4,6-9H,1,3,5H2,(H,17,18,19). The third-order valence-electron chi connectivity index (χ3n) is 3.00. The van der Waals surface area contributed by atoms with Gasteiger partial charge in [0.15, 0.2) is 5.13 Å². The lowest BCUT2D eigenvalue weighted by atomic mass is 10.2. The number of anilines is 1. The molecule has 3 nitrogen and oxygen atoms in total. The van der Waals surface area contributed by atoms with Gasteiger partial charge in [-0.3, -0.25) is 4.79 Å². The highest BCUT2D eigenvalue weighted by Gasteiger charge is 2.08. The Bertz CT molecular complexity index is 752. The van der Waals surface area contributed by atoms with Gasteiger partial charge in [-0.2, -0.15) is 0 Å². The molecule has 3 rings (SSSR count). The van der Waals surface area contributed by atoms with Gasteiger partial charge in [0.05, 0.1) is 10.2 Å². The van der Waals surface area contributed by atoms with Crippen molar-refractivity contribution in [1.29, 1.82) is 0 Å². The minimum atomic E-state index is 0.0108. The van der Waals surface area contributed by atoms with E-state index in [0.29, 0.717) is 16.6 Å². The Morgan fingerprint density at radius 1 is 1.33 bits per heavy atom. The Morgan fingerprint density at radius 2 is 2.24 bits per heavy atom. The molecule has 6 heteroatoms. The van der Waals surface area contributed by atoms with Crippen LogP contribution >= 0.6 is 34.3 Å². The summed E-state index contributed by atoms with van der Waals surface area (Å²) in [5.74, 6) is 0.0108. The van der Waals surface area contributed by atoms with E-state index in [1.165, 1.54) is 16.2 Å². The SMILES string of the molecule is O=C(CCCc1cccs1)Nc1nc2ccc(Cl)cc2s1. The predicted molar refractivity (Wildman–Crippen MR) is 90.5 cm³/mol. The van der Waals surface area contributed by atoms with Crippen LogP contribution in [0.15, 0.2) is 35.7 Å². The molecule has 1 amide bonds. The molecule has 0 fully saturated rings. The number of halogens is 1. The van der Waals surface area contributed by atoms with Gasteiger partial charge in [0, 0.05) is 16.3 Å². The molecule has 0 unspecified atom stereocenters. The van der Waals surface area contributed by atoms with E-state index in [2.05, 4.69) is 21.7 Å². The summed E-state index contributed by atoms with van der Waals surface area (Å²) in [6.07, 6.45) is 2.30. The number of nitrogens with one attached hydrogen (secondary N) is 1. The van der Waals surface area contributed by atoms with E-state index in [-0.39, 0.29) is 5.91 Å². The number of thiazole rings is 1. The lowest BCUT2D eigenvalue weighted by Crippen LogP contribution is -2.11. The fraction of sp³-hybridized carbons (Fsp3) is 0.200. The second-order valence-electron chi connectivity index (χ2n) is 4.61. The minimum absolute atomic E-state index is 0.0108. The fourth-order valence-corrected chi connectivity index (χ4v) is 3.92. The van der Waals surface area contributed by atoms with Crippen LogP contribution in [0.25, 0.3) is 10.2 Å². The number of hydrogen-bond donors (Lipinski definition) is 1. The summed E-state index contributed by atoms with van der Waals surface area (Å²) in [5.41, 5.74) is 0.860. The van der Waals surface area contributed by atoms with Crippen LogP contribution in [0.3, 0.4) is 0 Å². The minimum Gasteiger partial charge on any atom is -0.302 e. The molecule has 1 aromatic carbocycles. The highest BCUT2D eigenvalue weighted by molar-refractivity contribution is 7.22. The van der Waals surface area contributed by atoms with Gasteiger partial charge in [0.25, 0.3) is 0 Å². The van der Waals surface area contributed by atoms with Crippen LogP contribution in [-0.2, 0) is 11.2 Å². The van der Waals surface area contributed by atoms with Crippen molar-refractivity contribution in [2.75, 3.05) is 5.32 Å². The van der Waals surface area contributed by atoms with Gasteiger partial charge >= 0.3 is 0 Å². The number of amides is 1. The lowest BCUT2D eigenvalue weighted by molar-refractivity contribution is -0.116. The Labute approximate surface area is 135 Å². The molecule has 2 heterocycles. The first-order valence-corrected chi connectivity index (χ1v) is 8.66. The highest BCUT2D eigenvalue weighted by atomic mass is 35.5. The van der Waals surface area contributed by atoms with Gasteiger partial charge in [0.1, 0.15) is 0 Å². The van der Waals surface area contributed by atoms with Crippen molar-refractivity contribution in [3.05, 3.63) is 45.6 Å². The summed E-state index contributed by atoms with van der Waals surface area (Å²) < 4.78 is 0.983. The van der Waals surface area contributed by atoms with Crippen molar-refractivity contribution in [2.24, 2.45) is 0 Å². The summed E-state index contributed by atoms with van der Waals surface area (Å²) in [6, 6.07) is 9.66. The summed E-state index contributed by atoms with van der Waals surface area (Å²) in [6.45, 7) is 0. The second kappa shape index (κ2) is 6.56. The molecule has 1 N–H and O–H groups in total. The molecule has 0 aliphatic rings. The fourth-order valence-electron chi connectivity index (χ4n) is 2.01. The molecule has 2 aromatic heterocycles. The van der Waals surface area contributed by atoms with Crippen LogP contribution in [0.4, 0.5) is 5.13 Å². The molecular weight excluding hydrogens is 324 g/mol. The number of thiophene rings is 1. The molecule has 0 spiro atoms. The molecule has 0 saturated heterocycles. The molecule has 0 radical (unpaired) electrons. The summed E-state index contributed by atoms with van der Waals surface area (Å²) in [4.78, 5) is 17.6. The third-order valence-corrected chi connectivity index (χ3v) is 5.11. The van der Waals surface area contributed by atoms with Gasteiger partial charge in [0.2, 0.25) is 5.91 Å². The summed E-state index contributed by atoms with van der Waals surface area (Å²) in [7, 11) is 0. The average molecular weight is 337 g/mol. The number of carbonyl (C=O) groups excluding carboxylic acids is 1. The van der Waals surface area contributed by atoms with Gasteiger partial charge in [-0.05, 0) is 42.5 Å². The number of hydrogen-bond acceptors (Lipinski definition) is 4. The maximum absolute atomic E-state index is 11.9. The lowest BCUT2D eigenvalue weighted by Gasteiger charge is -2.00. The first kappa shape index (κ1) is 14.5. The van der Waals surface area contributed by atoms with Crippen LogP contribution in [-0.4, -0.2) is 10.9 Å². The molecule has 108 valence electrons. The van der Waals surface area contributed by atoms with Gasteiger partial charge in [-0.15, -0.1) is 11.3 Å². The molecule has 0 aliphatic heterocycles. The van der Waals surface area contributed by atoms with Crippen molar-refractivity contribution in [1.82, 2.24) is 4.98 Å². The van der Waals surface area contributed by atoms with E-state index in [9.17, 15) is 4.79 Å². The zero-order valence-electron chi connectivity index (χ0n) is 11.1. The van der Waals surface area contributed by atoms with E-state index in [0.717, 1.165) is 23.1 Å². The molecule has 21 heavy (non-hydrogen) atoms. The Balaban J connectivity index is 1.55. The van der Waals surface area contributed by atoms with E-state index in [1.54, 1.807) is 17.4 Å². The first-order valence-electron chi connectivity index (χ1n) is 6.59. The number of aryl methyl sites for hydroxylation is 1. The molecule has 0 aliphatic carbocycles. The number of fused-ring (bicyclic) bond motifs is 1. The number of rotatable bonds is 5. The van der Waals surface area contributed by atoms with Crippen molar-refractivity contribution in [2.45, 2.75) is 19.3 Å². The van der Waals surface area contributed by atoms with Crippen molar-refractivity contribution >= 4 is 55.5 Å². The van der Waals surface area contributed by atoms with E-state index in [4.69, 9.17) is 11.6 Å². The predicted octanol–water partition coefficient (Wildman–Crippen LogP) is 4.97. The maximum Gasteiger partial charge on any atom is 0.226 e. The summed E-state index contributed by atoms with van der Waals surface area (Å²) in [5, 5.41) is 6.23. The number of carbonyl (C=O) groups is 1. The number of benzene rings is 1. The van der Waals surface area contributed by atoms with Crippen LogP contribution in [0.1, 0.15) is 17.7 Å². The van der Waals surface area contributed by atoms with Gasteiger partial charge < -0.3 is 5.32 Å². The number of nitrogens with zero attached hydrogens (tertiary/aromatic N) is 1. The quantitative estimate of drug-likeness (QED) is 0.714. The normalized spacial score (nSPS) is 10.9. The van der Waals surface area contributed by atoms with E-state index >= 15 is 0 Å². The second-order valence-corrected chi connectivity index (χ2v) is 7.11. The van der Waals surface area contributed by atoms with E-state index in [1.807, 2.05) is 18.2 Å². The Hall–Kier alpha value is -1.43. The smallest absolute Gasteiger partial charge is 0.226 e. The van der Waals surface area contributed by atoms with Crippen molar-refractivity contribution < 1.29 is 4.79 Å². The topological polar surface area (TPSA) is 42.0 Å². The van der Waals surface area contributed by atoms with Gasteiger partial charge in [-0.1, -0.05) is 29.0 Å². The van der Waals surface area contributed by atoms with Crippen LogP contribution in [0, 0.1) is 0 Å². The number of aromatic nitrogens is 1. The molecule has 0 atom stereocenters. The molecular formula is C15H13ClN2OS2.